The number of nitrogens with one attached hydrogen (secondary N) is 1. The van der Waals surface area contributed by atoms with Crippen molar-refractivity contribution in [2.45, 2.75) is 26.8 Å². The summed E-state index contributed by atoms with van der Waals surface area (Å²) < 4.78 is 25.3. The van der Waals surface area contributed by atoms with E-state index in [0.29, 0.717) is 23.7 Å². The minimum atomic E-state index is -3.26. The van der Waals surface area contributed by atoms with Crippen LogP contribution in [0.3, 0.4) is 0 Å². The highest BCUT2D eigenvalue weighted by atomic mass is 35.5. The van der Waals surface area contributed by atoms with Crippen molar-refractivity contribution in [1.29, 1.82) is 0 Å². The number of nitrogens with zero attached hydrogens (tertiary/aromatic N) is 2. The van der Waals surface area contributed by atoms with Crippen LogP contribution in [-0.4, -0.2) is 67.4 Å². The standard InChI is InChI=1S/C18H26ClN3O4S/c1-4-27(25,26)22-11-9-21(10-12-22)18(24)16(13(2)3)20-17(23)14-7-5-6-8-15(14)19/h5-8,13,16H,4,9-12H2,1-3H3,(H,20,23). The number of piperazine rings is 1. The summed E-state index contributed by atoms with van der Waals surface area (Å²) in [6, 6.07) is 5.96. The molecule has 1 aromatic rings. The van der Waals surface area contributed by atoms with Gasteiger partial charge in [0.05, 0.1) is 16.3 Å². The Morgan fingerprint density at radius 2 is 1.74 bits per heavy atom. The second-order valence-corrected chi connectivity index (χ2v) is 9.46. The highest BCUT2D eigenvalue weighted by molar-refractivity contribution is 7.89. The van der Waals surface area contributed by atoms with E-state index in [-0.39, 0.29) is 30.7 Å². The van der Waals surface area contributed by atoms with Gasteiger partial charge in [-0.1, -0.05) is 37.6 Å². The van der Waals surface area contributed by atoms with Crippen LogP contribution in [0, 0.1) is 5.92 Å². The van der Waals surface area contributed by atoms with E-state index in [1.54, 1.807) is 36.1 Å². The molecule has 7 nitrogen and oxygen atoms in total. The fourth-order valence-corrected chi connectivity index (χ4v) is 4.25. The second-order valence-electron chi connectivity index (χ2n) is 6.80. The molecule has 0 aliphatic carbocycles. The molecule has 1 atom stereocenters. The maximum Gasteiger partial charge on any atom is 0.253 e. The van der Waals surface area contributed by atoms with Gasteiger partial charge in [-0.05, 0) is 25.0 Å². The predicted octanol–water partition coefficient (Wildman–Crippen LogP) is 1.59. The highest BCUT2D eigenvalue weighted by Crippen LogP contribution is 2.17. The third-order valence-electron chi connectivity index (χ3n) is 4.65. The summed E-state index contributed by atoms with van der Waals surface area (Å²) in [5.41, 5.74) is 0.316. The van der Waals surface area contributed by atoms with Gasteiger partial charge in [-0.3, -0.25) is 9.59 Å². The lowest BCUT2D eigenvalue weighted by molar-refractivity contribution is -0.135. The molecule has 1 saturated heterocycles. The molecule has 0 bridgehead atoms. The van der Waals surface area contributed by atoms with Gasteiger partial charge >= 0.3 is 0 Å². The summed E-state index contributed by atoms with van der Waals surface area (Å²) in [5.74, 6) is -0.691. The lowest BCUT2D eigenvalue weighted by Gasteiger charge is -2.36. The lowest BCUT2D eigenvalue weighted by Crippen LogP contribution is -2.57. The van der Waals surface area contributed by atoms with Crippen molar-refractivity contribution in [3.63, 3.8) is 0 Å². The van der Waals surface area contributed by atoms with Crippen molar-refractivity contribution in [3.05, 3.63) is 34.9 Å². The number of halogens is 1. The molecule has 1 aliphatic heterocycles. The van der Waals surface area contributed by atoms with E-state index >= 15 is 0 Å². The van der Waals surface area contributed by atoms with Crippen molar-refractivity contribution in [1.82, 2.24) is 14.5 Å². The van der Waals surface area contributed by atoms with Crippen LogP contribution in [0.2, 0.25) is 5.02 Å². The summed E-state index contributed by atoms with van der Waals surface area (Å²) >= 11 is 6.06. The maximum atomic E-state index is 12.9. The first kappa shape index (κ1) is 21.7. The largest absolute Gasteiger partial charge is 0.340 e. The Bertz CT molecular complexity index is 790. The first-order valence-electron chi connectivity index (χ1n) is 8.99. The number of hydrogen-bond acceptors (Lipinski definition) is 4. The van der Waals surface area contributed by atoms with E-state index in [9.17, 15) is 18.0 Å². The zero-order chi connectivity index (χ0) is 20.2. The lowest BCUT2D eigenvalue weighted by atomic mass is 10.0. The average molecular weight is 416 g/mol. The second kappa shape index (κ2) is 9.03. The van der Waals surface area contributed by atoms with E-state index in [0.717, 1.165) is 0 Å². The van der Waals surface area contributed by atoms with Crippen LogP contribution in [0.4, 0.5) is 0 Å². The van der Waals surface area contributed by atoms with Gasteiger partial charge in [0.2, 0.25) is 15.9 Å². The summed E-state index contributed by atoms with van der Waals surface area (Å²) in [6.07, 6.45) is 0. The van der Waals surface area contributed by atoms with Crippen LogP contribution in [0.1, 0.15) is 31.1 Å². The number of benzene rings is 1. The Labute approximate surface area is 165 Å². The van der Waals surface area contributed by atoms with Crippen LogP contribution < -0.4 is 5.32 Å². The van der Waals surface area contributed by atoms with E-state index in [1.165, 1.54) is 4.31 Å². The Kier molecular flexibility index (Phi) is 7.25. The number of hydrogen-bond donors (Lipinski definition) is 1. The summed E-state index contributed by atoms with van der Waals surface area (Å²) in [7, 11) is -3.26. The topological polar surface area (TPSA) is 86.8 Å². The minimum Gasteiger partial charge on any atom is -0.340 e. The zero-order valence-corrected chi connectivity index (χ0v) is 17.4. The van der Waals surface area contributed by atoms with E-state index in [4.69, 9.17) is 11.6 Å². The van der Waals surface area contributed by atoms with Gasteiger partial charge in [0, 0.05) is 26.2 Å². The van der Waals surface area contributed by atoms with Crippen LogP contribution in [0.25, 0.3) is 0 Å². The molecule has 0 aromatic heterocycles. The van der Waals surface area contributed by atoms with Crippen molar-refractivity contribution in [2.24, 2.45) is 5.92 Å². The molecule has 0 radical (unpaired) electrons. The fourth-order valence-electron chi connectivity index (χ4n) is 2.94. The Morgan fingerprint density at radius 3 is 2.26 bits per heavy atom. The normalized spacial score (nSPS) is 17.0. The smallest absolute Gasteiger partial charge is 0.253 e. The van der Waals surface area contributed by atoms with E-state index in [1.807, 2.05) is 13.8 Å². The first-order chi connectivity index (χ1) is 12.7. The van der Waals surface area contributed by atoms with Gasteiger partial charge in [-0.2, -0.15) is 4.31 Å². The van der Waals surface area contributed by atoms with Crippen molar-refractivity contribution in [3.8, 4) is 0 Å². The Balaban J connectivity index is 2.06. The van der Waals surface area contributed by atoms with Gasteiger partial charge < -0.3 is 10.2 Å². The molecule has 1 unspecified atom stereocenters. The Hall–Kier alpha value is -1.64. The van der Waals surface area contributed by atoms with E-state index < -0.39 is 22.0 Å². The van der Waals surface area contributed by atoms with E-state index in [2.05, 4.69) is 5.32 Å². The summed E-state index contributed by atoms with van der Waals surface area (Å²) in [4.78, 5) is 27.1. The zero-order valence-electron chi connectivity index (χ0n) is 15.8. The van der Waals surface area contributed by atoms with Gasteiger partial charge in [0.25, 0.3) is 5.91 Å². The molecule has 1 heterocycles. The highest BCUT2D eigenvalue weighted by Gasteiger charge is 2.33. The molecule has 0 spiro atoms. The molecular weight excluding hydrogens is 390 g/mol. The SMILES string of the molecule is CCS(=O)(=O)N1CCN(C(=O)C(NC(=O)c2ccccc2Cl)C(C)C)CC1. The number of carbonyl (C=O) groups excluding carboxylic acids is 2. The molecule has 150 valence electrons. The Morgan fingerprint density at radius 1 is 1.15 bits per heavy atom. The molecule has 2 rings (SSSR count). The molecular formula is C18H26ClN3O4S. The van der Waals surface area contributed by atoms with Crippen LogP contribution in [0.5, 0.6) is 0 Å². The third-order valence-corrected chi connectivity index (χ3v) is 6.86. The molecule has 9 heteroatoms. The maximum absolute atomic E-state index is 12.9. The van der Waals surface area contributed by atoms with Crippen LogP contribution in [0.15, 0.2) is 24.3 Å². The van der Waals surface area contributed by atoms with Gasteiger partial charge in [0.1, 0.15) is 6.04 Å². The predicted molar refractivity (Wildman–Crippen MR) is 105 cm³/mol. The number of rotatable bonds is 6. The average Bonchev–Trinajstić information content (AvgIpc) is 2.65. The van der Waals surface area contributed by atoms with Crippen LogP contribution in [-0.2, 0) is 14.8 Å². The first-order valence-corrected chi connectivity index (χ1v) is 11.0. The number of amides is 2. The van der Waals surface area contributed by atoms with Crippen molar-refractivity contribution >= 4 is 33.4 Å². The fraction of sp³-hybridized carbons (Fsp3) is 0.556. The molecule has 1 aliphatic rings. The number of carbonyl (C=O) groups is 2. The molecule has 0 saturated carbocycles. The molecule has 2 amide bonds. The van der Waals surface area contributed by atoms with Crippen molar-refractivity contribution < 1.29 is 18.0 Å². The van der Waals surface area contributed by atoms with Gasteiger partial charge in [-0.25, -0.2) is 8.42 Å². The molecule has 27 heavy (non-hydrogen) atoms. The van der Waals surface area contributed by atoms with Crippen LogP contribution >= 0.6 is 11.6 Å². The van der Waals surface area contributed by atoms with Gasteiger partial charge in [-0.15, -0.1) is 0 Å². The molecule has 1 aromatic carbocycles. The summed E-state index contributed by atoms with van der Waals surface area (Å²) in [5, 5.41) is 3.10. The van der Waals surface area contributed by atoms with Crippen molar-refractivity contribution in [2.75, 3.05) is 31.9 Å². The number of sulfonamides is 1. The third kappa shape index (κ3) is 5.21. The minimum absolute atomic E-state index is 0.0451. The summed E-state index contributed by atoms with van der Waals surface area (Å²) in [6.45, 7) is 6.47. The molecule has 1 N–H and O–H groups in total. The molecule has 1 fully saturated rings. The monoisotopic (exact) mass is 415 g/mol. The van der Waals surface area contributed by atoms with Gasteiger partial charge in [0.15, 0.2) is 0 Å². The quantitative estimate of drug-likeness (QED) is 0.764.